The molecule has 1 amide bonds. The Hall–Kier alpha value is -3.02. The Morgan fingerprint density at radius 2 is 2.04 bits per heavy atom. The maximum Gasteiger partial charge on any atom is 0.274 e. The van der Waals surface area contributed by atoms with Crippen molar-refractivity contribution >= 4 is 11.6 Å². The van der Waals surface area contributed by atoms with E-state index in [1.54, 1.807) is 35.1 Å². The molecule has 0 fully saturated rings. The van der Waals surface area contributed by atoms with Crippen molar-refractivity contribution in [1.82, 2.24) is 14.8 Å². The standard InChI is InChI=1S/C18H17FN4O/c1-12-17(21-18(24)16-8-3-4-9-20-16)13(2)23(22-12)11-14-6-5-7-15(19)10-14/h3-10H,11H2,1-2H3,(H,21,24). The summed E-state index contributed by atoms with van der Waals surface area (Å²) in [5, 5.41) is 7.29. The molecule has 0 saturated carbocycles. The number of hydrogen-bond acceptors (Lipinski definition) is 3. The highest BCUT2D eigenvalue weighted by Gasteiger charge is 2.16. The fraction of sp³-hybridized carbons (Fsp3) is 0.167. The topological polar surface area (TPSA) is 59.8 Å². The van der Waals surface area contributed by atoms with Gasteiger partial charge in [-0.2, -0.15) is 5.10 Å². The first-order chi connectivity index (χ1) is 11.5. The fourth-order valence-corrected chi connectivity index (χ4v) is 2.51. The van der Waals surface area contributed by atoms with Crippen LogP contribution in [0.25, 0.3) is 0 Å². The Morgan fingerprint density at radius 3 is 2.75 bits per heavy atom. The smallest absolute Gasteiger partial charge is 0.274 e. The zero-order chi connectivity index (χ0) is 17.1. The molecule has 24 heavy (non-hydrogen) atoms. The molecule has 0 radical (unpaired) electrons. The highest BCUT2D eigenvalue weighted by Crippen LogP contribution is 2.21. The lowest BCUT2D eigenvalue weighted by molar-refractivity contribution is 0.102. The Kier molecular flexibility index (Phi) is 4.37. The molecule has 0 spiro atoms. The number of hydrogen-bond donors (Lipinski definition) is 1. The van der Waals surface area contributed by atoms with Gasteiger partial charge in [-0.25, -0.2) is 4.39 Å². The SMILES string of the molecule is Cc1nn(Cc2cccc(F)c2)c(C)c1NC(=O)c1ccccn1. The number of halogens is 1. The van der Waals surface area contributed by atoms with E-state index in [-0.39, 0.29) is 11.7 Å². The normalized spacial score (nSPS) is 10.6. The van der Waals surface area contributed by atoms with E-state index in [1.165, 1.54) is 12.1 Å². The third kappa shape index (κ3) is 3.32. The Bertz CT molecular complexity index is 874. The second-order valence-electron chi connectivity index (χ2n) is 5.50. The van der Waals surface area contributed by atoms with Crippen molar-refractivity contribution < 1.29 is 9.18 Å². The van der Waals surface area contributed by atoms with E-state index in [4.69, 9.17) is 0 Å². The van der Waals surface area contributed by atoms with E-state index >= 15 is 0 Å². The van der Waals surface area contributed by atoms with Gasteiger partial charge >= 0.3 is 0 Å². The van der Waals surface area contributed by atoms with Crippen molar-refractivity contribution in [3.05, 3.63) is 77.1 Å². The van der Waals surface area contributed by atoms with E-state index in [1.807, 2.05) is 19.9 Å². The molecule has 0 aliphatic rings. The van der Waals surface area contributed by atoms with Gasteiger partial charge in [0, 0.05) is 6.20 Å². The number of carbonyl (C=O) groups is 1. The molecule has 0 saturated heterocycles. The van der Waals surface area contributed by atoms with Crippen molar-refractivity contribution in [3.63, 3.8) is 0 Å². The number of nitrogens with zero attached hydrogens (tertiary/aromatic N) is 3. The number of nitrogens with one attached hydrogen (secondary N) is 1. The predicted octanol–water partition coefficient (Wildman–Crippen LogP) is 3.33. The number of rotatable bonds is 4. The van der Waals surface area contributed by atoms with Crippen LogP contribution in [-0.2, 0) is 6.54 Å². The van der Waals surface area contributed by atoms with Crippen molar-refractivity contribution in [2.45, 2.75) is 20.4 Å². The summed E-state index contributed by atoms with van der Waals surface area (Å²) < 4.78 is 15.1. The lowest BCUT2D eigenvalue weighted by Gasteiger charge is -2.07. The van der Waals surface area contributed by atoms with Gasteiger partial charge in [0.2, 0.25) is 0 Å². The van der Waals surface area contributed by atoms with Gasteiger partial charge in [0.1, 0.15) is 11.5 Å². The molecule has 0 unspecified atom stereocenters. The number of aromatic nitrogens is 3. The summed E-state index contributed by atoms with van der Waals surface area (Å²) in [6, 6.07) is 11.5. The Morgan fingerprint density at radius 1 is 1.21 bits per heavy atom. The summed E-state index contributed by atoms with van der Waals surface area (Å²) in [4.78, 5) is 16.3. The first-order valence-corrected chi connectivity index (χ1v) is 7.55. The van der Waals surface area contributed by atoms with E-state index in [9.17, 15) is 9.18 Å². The number of amides is 1. The molecule has 3 aromatic rings. The number of benzene rings is 1. The van der Waals surface area contributed by atoms with Gasteiger partial charge in [0.15, 0.2) is 0 Å². The molecule has 1 aromatic carbocycles. The van der Waals surface area contributed by atoms with Crippen LogP contribution in [0, 0.1) is 19.7 Å². The van der Waals surface area contributed by atoms with Crippen LogP contribution in [0.4, 0.5) is 10.1 Å². The van der Waals surface area contributed by atoms with Crippen LogP contribution in [0.1, 0.15) is 27.4 Å². The first-order valence-electron chi connectivity index (χ1n) is 7.55. The number of anilines is 1. The lowest BCUT2D eigenvalue weighted by atomic mass is 10.2. The molecule has 0 aliphatic heterocycles. The van der Waals surface area contributed by atoms with Crippen molar-refractivity contribution in [1.29, 1.82) is 0 Å². The molecule has 0 aliphatic carbocycles. The maximum absolute atomic E-state index is 13.3. The molecule has 2 heterocycles. The van der Waals surface area contributed by atoms with Crippen LogP contribution in [0.5, 0.6) is 0 Å². The minimum Gasteiger partial charge on any atom is -0.317 e. The fourth-order valence-electron chi connectivity index (χ4n) is 2.51. The van der Waals surface area contributed by atoms with Gasteiger partial charge in [0.05, 0.1) is 23.6 Å². The van der Waals surface area contributed by atoms with Crippen LogP contribution in [0.2, 0.25) is 0 Å². The summed E-state index contributed by atoms with van der Waals surface area (Å²) in [5.74, 6) is -0.565. The molecule has 6 heteroatoms. The molecule has 0 atom stereocenters. The number of pyridine rings is 1. The van der Waals surface area contributed by atoms with Crippen molar-refractivity contribution in [2.24, 2.45) is 0 Å². The Balaban J connectivity index is 1.83. The number of aryl methyl sites for hydroxylation is 1. The summed E-state index contributed by atoms with van der Waals surface area (Å²) in [6.07, 6.45) is 1.57. The molecule has 5 nitrogen and oxygen atoms in total. The second-order valence-corrected chi connectivity index (χ2v) is 5.50. The summed E-state index contributed by atoms with van der Waals surface area (Å²) in [5.41, 5.74) is 3.31. The van der Waals surface area contributed by atoms with Crippen LogP contribution in [-0.4, -0.2) is 20.7 Å². The van der Waals surface area contributed by atoms with Gasteiger partial charge in [0.25, 0.3) is 5.91 Å². The third-order valence-corrected chi connectivity index (χ3v) is 3.74. The Labute approximate surface area is 139 Å². The molecule has 122 valence electrons. The van der Waals surface area contributed by atoms with Gasteiger partial charge < -0.3 is 5.32 Å². The molecular weight excluding hydrogens is 307 g/mol. The predicted molar refractivity (Wildman–Crippen MR) is 89.4 cm³/mol. The average molecular weight is 324 g/mol. The van der Waals surface area contributed by atoms with Crippen LogP contribution in [0.15, 0.2) is 48.7 Å². The monoisotopic (exact) mass is 324 g/mol. The zero-order valence-corrected chi connectivity index (χ0v) is 13.5. The van der Waals surface area contributed by atoms with E-state index in [2.05, 4.69) is 15.4 Å². The summed E-state index contributed by atoms with van der Waals surface area (Å²) in [7, 11) is 0. The van der Waals surface area contributed by atoms with Gasteiger partial charge in [-0.1, -0.05) is 18.2 Å². The molecule has 2 aromatic heterocycles. The summed E-state index contributed by atoms with van der Waals surface area (Å²) >= 11 is 0. The highest BCUT2D eigenvalue weighted by atomic mass is 19.1. The highest BCUT2D eigenvalue weighted by molar-refractivity contribution is 6.03. The van der Waals surface area contributed by atoms with E-state index in [0.29, 0.717) is 23.6 Å². The quantitative estimate of drug-likeness (QED) is 0.801. The molecular formula is C18H17FN4O. The van der Waals surface area contributed by atoms with Gasteiger partial charge in [-0.05, 0) is 43.7 Å². The van der Waals surface area contributed by atoms with Crippen LogP contribution < -0.4 is 5.32 Å². The third-order valence-electron chi connectivity index (χ3n) is 3.74. The van der Waals surface area contributed by atoms with Crippen molar-refractivity contribution in [2.75, 3.05) is 5.32 Å². The average Bonchev–Trinajstić information content (AvgIpc) is 2.83. The number of carbonyl (C=O) groups excluding carboxylic acids is 1. The summed E-state index contributed by atoms with van der Waals surface area (Å²) in [6.45, 7) is 4.13. The molecule has 1 N–H and O–H groups in total. The lowest BCUT2D eigenvalue weighted by Crippen LogP contribution is -2.14. The van der Waals surface area contributed by atoms with E-state index < -0.39 is 0 Å². The molecule has 3 rings (SSSR count). The van der Waals surface area contributed by atoms with Crippen LogP contribution >= 0.6 is 0 Å². The maximum atomic E-state index is 13.3. The van der Waals surface area contributed by atoms with E-state index in [0.717, 1.165) is 11.3 Å². The molecule has 0 bridgehead atoms. The largest absolute Gasteiger partial charge is 0.317 e. The minimum absolute atomic E-state index is 0.280. The zero-order valence-electron chi connectivity index (χ0n) is 13.5. The minimum atomic E-state index is -0.285. The van der Waals surface area contributed by atoms with Crippen LogP contribution in [0.3, 0.4) is 0 Å². The first kappa shape index (κ1) is 15.9. The second kappa shape index (κ2) is 6.62. The van der Waals surface area contributed by atoms with Crippen molar-refractivity contribution in [3.8, 4) is 0 Å². The van der Waals surface area contributed by atoms with Gasteiger partial charge in [-0.15, -0.1) is 0 Å². The van der Waals surface area contributed by atoms with Gasteiger partial charge in [-0.3, -0.25) is 14.5 Å².